The van der Waals surface area contributed by atoms with Gasteiger partial charge in [0.05, 0.1) is 29.9 Å². The van der Waals surface area contributed by atoms with E-state index in [1.54, 1.807) is 11.9 Å². The van der Waals surface area contributed by atoms with Gasteiger partial charge in [0.1, 0.15) is 21.5 Å². The maximum Gasteiger partial charge on any atom is 0.266 e. The summed E-state index contributed by atoms with van der Waals surface area (Å²) >= 11 is 1.41. The fourth-order valence-electron chi connectivity index (χ4n) is 3.13. The van der Waals surface area contributed by atoms with Gasteiger partial charge in [0, 0.05) is 12.6 Å². The summed E-state index contributed by atoms with van der Waals surface area (Å²) in [4.78, 5) is 27.7. The Morgan fingerprint density at radius 3 is 2.62 bits per heavy atom. The van der Waals surface area contributed by atoms with E-state index < -0.39 is 0 Å². The zero-order chi connectivity index (χ0) is 20.4. The molecule has 6 nitrogen and oxygen atoms in total. The van der Waals surface area contributed by atoms with Crippen molar-refractivity contribution in [1.82, 2.24) is 19.9 Å². The second kappa shape index (κ2) is 8.05. The lowest BCUT2D eigenvalue weighted by Crippen LogP contribution is -2.26. The maximum atomic E-state index is 13.0. The van der Waals surface area contributed by atoms with E-state index in [1.807, 2.05) is 62.4 Å². The van der Waals surface area contributed by atoms with E-state index in [1.165, 1.54) is 11.3 Å². The number of aryl methyl sites for hydroxylation is 1. The van der Waals surface area contributed by atoms with E-state index in [9.17, 15) is 4.79 Å². The number of amides is 1. The third-order valence-electron chi connectivity index (χ3n) is 4.58. The first-order chi connectivity index (χ1) is 14.0. The predicted octanol–water partition coefficient (Wildman–Crippen LogP) is 4.67. The SMILES string of the molecule is CCOc1ccc(-c2nc(C)c(C(=O)N(C)Cc3nc4ccccc4[nH]3)s2)cc1. The number of aromatic amines is 1. The van der Waals surface area contributed by atoms with E-state index >= 15 is 0 Å². The molecule has 148 valence electrons. The first-order valence-electron chi connectivity index (χ1n) is 9.45. The van der Waals surface area contributed by atoms with Gasteiger partial charge in [-0.3, -0.25) is 4.79 Å². The average Bonchev–Trinajstić information content (AvgIpc) is 3.31. The molecule has 0 aliphatic heterocycles. The molecule has 1 N–H and O–H groups in total. The average molecular weight is 407 g/mol. The molecular weight excluding hydrogens is 384 g/mol. The van der Waals surface area contributed by atoms with Gasteiger partial charge in [0.15, 0.2) is 0 Å². The fraction of sp³-hybridized carbons (Fsp3) is 0.227. The topological polar surface area (TPSA) is 71.1 Å². The highest BCUT2D eigenvalue weighted by molar-refractivity contribution is 7.17. The number of carbonyl (C=O) groups excluding carboxylic acids is 1. The van der Waals surface area contributed by atoms with Crippen LogP contribution in [-0.2, 0) is 6.54 Å². The van der Waals surface area contributed by atoms with Crippen LogP contribution in [0.2, 0.25) is 0 Å². The third kappa shape index (κ3) is 4.00. The zero-order valence-electron chi connectivity index (χ0n) is 16.6. The Morgan fingerprint density at radius 2 is 1.90 bits per heavy atom. The highest BCUT2D eigenvalue weighted by Gasteiger charge is 2.20. The van der Waals surface area contributed by atoms with Gasteiger partial charge in [-0.15, -0.1) is 11.3 Å². The molecule has 7 heteroatoms. The lowest BCUT2D eigenvalue weighted by molar-refractivity contribution is 0.0786. The number of aromatic nitrogens is 3. The van der Waals surface area contributed by atoms with Crippen LogP contribution in [0.1, 0.15) is 28.1 Å². The summed E-state index contributed by atoms with van der Waals surface area (Å²) in [7, 11) is 1.78. The largest absolute Gasteiger partial charge is 0.494 e. The molecule has 0 aliphatic carbocycles. The van der Waals surface area contributed by atoms with Crippen molar-refractivity contribution in [3.8, 4) is 16.3 Å². The van der Waals surface area contributed by atoms with E-state index in [0.717, 1.165) is 38.9 Å². The van der Waals surface area contributed by atoms with E-state index in [4.69, 9.17) is 4.74 Å². The van der Waals surface area contributed by atoms with Crippen LogP contribution in [0.5, 0.6) is 5.75 Å². The molecule has 4 aromatic rings. The third-order valence-corrected chi connectivity index (χ3v) is 5.77. The van der Waals surface area contributed by atoms with Gasteiger partial charge in [-0.1, -0.05) is 12.1 Å². The number of benzene rings is 2. The number of para-hydroxylation sites is 2. The standard InChI is InChI=1S/C22H22N4O2S/c1-4-28-16-11-9-15(10-12-16)21-23-14(2)20(29-21)22(27)26(3)13-19-24-17-7-5-6-8-18(17)25-19/h5-12H,4,13H2,1-3H3,(H,24,25). The molecule has 0 saturated carbocycles. The minimum Gasteiger partial charge on any atom is -0.494 e. The number of carbonyl (C=O) groups is 1. The van der Waals surface area contributed by atoms with E-state index in [2.05, 4.69) is 15.0 Å². The Balaban J connectivity index is 1.52. The molecule has 0 fully saturated rings. The van der Waals surface area contributed by atoms with Crippen molar-refractivity contribution in [3.63, 3.8) is 0 Å². The summed E-state index contributed by atoms with van der Waals surface area (Å²) in [5.74, 6) is 1.53. The van der Waals surface area contributed by atoms with Gasteiger partial charge in [-0.25, -0.2) is 9.97 Å². The summed E-state index contributed by atoms with van der Waals surface area (Å²) in [6.07, 6.45) is 0. The second-order valence-electron chi connectivity index (χ2n) is 6.75. The summed E-state index contributed by atoms with van der Waals surface area (Å²) in [6.45, 7) is 4.86. The molecule has 0 spiro atoms. The predicted molar refractivity (Wildman–Crippen MR) is 115 cm³/mol. The van der Waals surface area contributed by atoms with Crippen LogP contribution in [0, 0.1) is 6.92 Å². The van der Waals surface area contributed by atoms with E-state index in [-0.39, 0.29) is 5.91 Å². The van der Waals surface area contributed by atoms with Crippen molar-refractivity contribution in [2.24, 2.45) is 0 Å². The molecule has 2 heterocycles. The molecule has 29 heavy (non-hydrogen) atoms. The van der Waals surface area contributed by atoms with Crippen molar-refractivity contribution >= 4 is 28.3 Å². The maximum absolute atomic E-state index is 13.0. The minimum atomic E-state index is -0.0577. The van der Waals surface area contributed by atoms with Gasteiger partial charge in [-0.2, -0.15) is 0 Å². The monoisotopic (exact) mass is 406 g/mol. The molecule has 2 aromatic heterocycles. The summed E-state index contributed by atoms with van der Waals surface area (Å²) in [5, 5.41) is 0.825. The summed E-state index contributed by atoms with van der Waals surface area (Å²) in [6, 6.07) is 15.6. The van der Waals surface area contributed by atoms with Crippen LogP contribution in [0.25, 0.3) is 21.6 Å². The number of H-pyrrole nitrogens is 1. The van der Waals surface area contributed by atoms with Crippen LogP contribution in [-0.4, -0.2) is 39.4 Å². The Kier molecular flexibility index (Phi) is 5.31. The molecule has 0 saturated heterocycles. The number of fused-ring (bicyclic) bond motifs is 1. The molecule has 0 atom stereocenters. The second-order valence-corrected chi connectivity index (χ2v) is 7.75. The normalized spacial score (nSPS) is 11.0. The van der Waals surface area contributed by atoms with Gasteiger partial charge in [-0.05, 0) is 50.2 Å². The quantitative estimate of drug-likeness (QED) is 0.505. The molecule has 0 bridgehead atoms. The number of thiazole rings is 1. The molecular formula is C22H22N4O2S. The van der Waals surface area contributed by atoms with Gasteiger partial charge in [0.2, 0.25) is 0 Å². The number of ether oxygens (including phenoxy) is 1. The highest BCUT2D eigenvalue weighted by atomic mass is 32.1. The van der Waals surface area contributed by atoms with Crippen molar-refractivity contribution in [1.29, 1.82) is 0 Å². The molecule has 2 aromatic carbocycles. The van der Waals surface area contributed by atoms with Crippen LogP contribution in [0.3, 0.4) is 0 Å². The first-order valence-corrected chi connectivity index (χ1v) is 10.3. The fourth-order valence-corrected chi connectivity index (χ4v) is 4.20. The number of hydrogen-bond acceptors (Lipinski definition) is 5. The number of nitrogens with zero attached hydrogens (tertiary/aromatic N) is 3. The Labute approximate surface area is 173 Å². The highest BCUT2D eigenvalue weighted by Crippen LogP contribution is 2.30. The zero-order valence-corrected chi connectivity index (χ0v) is 17.4. The van der Waals surface area contributed by atoms with Crippen molar-refractivity contribution in [3.05, 3.63) is 64.9 Å². The molecule has 0 aliphatic rings. The smallest absolute Gasteiger partial charge is 0.266 e. The summed E-state index contributed by atoms with van der Waals surface area (Å²) < 4.78 is 5.49. The van der Waals surface area contributed by atoms with Gasteiger partial charge in [0.25, 0.3) is 5.91 Å². The van der Waals surface area contributed by atoms with Crippen LogP contribution in [0.15, 0.2) is 48.5 Å². The van der Waals surface area contributed by atoms with Gasteiger partial charge < -0.3 is 14.6 Å². The molecule has 0 unspecified atom stereocenters. The first kappa shape index (κ1) is 19.1. The number of nitrogens with one attached hydrogen (secondary N) is 1. The van der Waals surface area contributed by atoms with Crippen LogP contribution in [0.4, 0.5) is 0 Å². The van der Waals surface area contributed by atoms with Crippen molar-refractivity contribution < 1.29 is 9.53 Å². The van der Waals surface area contributed by atoms with E-state index in [0.29, 0.717) is 18.0 Å². The van der Waals surface area contributed by atoms with Gasteiger partial charge >= 0.3 is 0 Å². The van der Waals surface area contributed by atoms with Crippen molar-refractivity contribution in [2.75, 3.05) is 13.7 Å². The van der Waals surface area contributed by atoms with Crippen LogP contribution >= 0.6 is 11.3 Å². The minimum absolute atomic E-state index is 0.0577. The van der Waals surface area contributed by atoms with Crippen LogP contribution < -0.4 is 4.74 Å². The molecule has 0 radical (unpaired) electrons. The Bertz CT molecular complexity index is 1110. The number of imidazole rings is 1. The lowest BCUT2D eigenvalue weighted by atomic mass is 10.2. The summed E-state index contributed by atoms with van der Waals surface area (Å²) in [5.41, 5.74) is 3.58. The van der Waals surface area contributed by atoms with Crippen molar-refractivity contribution in [2.45, 2.75) is 20.4 Å². The Morgan fingerprint density at radius 1 is 1.14 bits per heavy atom. The number of rotatable bonds is 6. The lowest BCUT2D eigenvalue weighted by Gasteiger charge is -2.14. The molecule has 1 amide bonds. The molecule has 4 rings (SSSR count). The number of hydrogen-bond donors (Lipinski definition) is 1. The Hall–Kier alpha value is -3.19.